The number of thiazole rings is 1. The van der Waals surface area contributed by atoms with E-state index in [2.05, 4.69) is 9.71 Å². The van der Waals surface area contributed by atoms with Crippen LogP contribution in [0.2, 0.25) is 0 Å². The van der Waals surface area contributed by atoms with E-state index in [1.165, 1.54) is 30.6 Å². The zero-order valence-corrected chi connectivity index (χ0v) is 20.0. The predicted molar refractivity (Wildman–Crippen MR) is 123 cm³/mol. The van der Waals surface area contributed by atoms with Crippen molar-refractivity contribution in [2.45, 2.75) is 75.6 Å². The van der Waals surface area contributed by atoms with Crippen molar-refractivity contribution in [1.29, 1.82) is 0 Å². The molecule has 2 fully saturated rings. The summed E-state index contributed by atoms with van der Waals surface area (Å²) < 4.78 is 30.8. The molecule has 1 amide bonds. The van der Waals surface area contributed by atoms with Crippen molar-refractivity contribution in [3.8, 4) is 10.7 Å². The van der Waals surface area contributed by atoms with Crippen LogP contribution < -0.4 is 4.72 Å². The quantitative estimate of drug-likeness (QED) is 0.722. The summed E-state index contributed by atoms with van der Waals surface area (Å²) >= 11 is 1.35. The lowest BCUT2D eigenvalue weighted by molar-refractivity contribution is 0.0796. The standard InChI is InChI=1S/C22H32N4O3S2/c1-16-20(22(27)26-12-8-9-13-26)30-21(23-16)19-14-18(15-25(19)2)31(28,29)24-17-10-6-4-3-5-7-11-17/h14-15,17,24H,3-13H2,1-2H3. The molecule has 170 valence electrons. The Morgan fingerprint density at radius 2 is 1.74 bits per heavy atom. The van der Waals surface area contributed by atoms with Crippen LogP contribution >= 0.6 is 11.3 Å². The molecule has 0 radical (unpaired) electrons. The SMILES string of the molecule is Cc1nc(-c2cc(S(=O)(=O)NC3CCCCCCC3)cn2C)sc1C(=O)N1CCCC1. The molecule has 0 unspecified atom stereocenters. The highest BCUT2D eigenvalue weighted by Gasteiger charge is 2.27. The fourth-order valence-electron chi connectivity index (χ4n) is 4.52. The van der Waals surface area contributed by atoms with Crippen LogP contribution in [-0.2, 0) is 17.1 Å². The molecular weight excluding hydrogens is 432 g/mol. The predicted octanol–water partition coefficient (Wildman–Crippen LogP) is 4.08. The number of nitrogens with zero attached hydrogens (tertiary/aromatic N) is 3. The molecule has 4 rings (SSSR count). The maximum atomic E-state index is 13.0. The topological polar surface area (TPSA) is 84.3 Å². The molecule has 0 spiro atoms. The fourth-order valence-corrected chi connectivity index (χ4v) is 6.99. The lowest BCUT2D eigenvalue weighted by Crippen LogP contribution is -2.35. The Bertz CT molecular complexity index is 1030. The van der Waals surface area contributed by atoms with Crippen molar-refractivity contribution in [2.75, 3.05) is 13.1 Å². The number of amides is 1. The molecule has 7 nitrogen and oxygen atoms in total. The lowest BCUT2D eigenvalue weighted by Gasteiger charge is -2.20. The van der Waals surface area contributed by atoms with Crippen LogP contribution in [0.15, 0.2) is 17.2 Å². The largest absolute Gasteiger partial charge is 0.347 e. The summed E-state index contributed by atoms with van der Waals surface area (Å²) in [6.07, 6.45) is 11.3. The van der Waals surface area contributed by atoms with Crippen molar-refractivity contribution in [1.82, 2.24) is 19.2 Å². The molecule has 3 heterocycles. The van der Waals surface area contributed by atoms with Crippen LogP contribution in [-0.4, -0.2) is 47.9 Å². The van der Waals surface area contributed by atoms with Gasteiger partial charge in [0.2, 0.25) is 10.0 Å². The van der Waals surface area contributed by atoms with Crippen LogP contribution in [0, 0.1) is 6.92 Å². The number of likely N-dealkylation sites (tertiary alicyclic amines) is 1. The molecule has 2 aromatic rings. The number of aryl methyl sites for hydroxylation is 2. The van der Waals surface area contributed by atoms with Gasteiger partial charge in [-0.2, -0.15) is 0 Å². The maximum absolute atomic E-state index is 13.0. The van der Waals surface area contributed by atoms with Gasteiger partial charge in [0.05, 0.1) is 11.4 Å². The summed E-state index contributed by atoms with van der Waals surface area (Å²) in [5.41, 5.74) is 1.42. The first-order chi connectivity index (χ1) is 14.8. The van der Waals surface area contributed by atoms with Crippen molar-refractivity contribution >= 4 is 27.3 Å². The Morgan fingerprint density at radius 3 is 2.42 bits per heavy atom. The van der Waals surface area contributed by atoms with Crippen LogP contribution in [0.3, 0.4) is 0 Å². The highest BCUT2D eigenvalue weighted by molar-refractivity contribution is 7.89. The second kappa shape index (κ2) is 9.42. The van der Waals surface area contributed by atoms with Gasteiger partial charge in [0, 0.05) is 32.4 Å². The number of carbonyl (C=O) groups is 1. The van der Waals surface area contributed by atoms with Gasteiger partial charge in [-0.15, -0.1) is 11.3 Å². The summed E-state index contributed by atoms with van der Waals surface area (Å²) in [4.78, 5) is 20.2. The van der Waals surface area contributed by atoms with E-state index in [4.69, 9.17) is 0 Å². The number of aromatic nitrogens is 2. The first-order valence-corrected chi connectivity index (χ1v) is 13.6. The monoisotopic (exact) mass is 464 g/mol. The average Bonchev–Trinajstić information content (AvgIpc) is 3.43. The Balaban J connectivity index is 1.54. The van der Waals surface area contributed by atoms with Crippen LogP contribution in [0.1, 0.15) is 73.2 Å². The maximum Gasteiger partial charge on any atom is 0.265 e. The van der Waals surface area contributed by atoms with E-state index in [9.17, 15) is 13.2 Å². The summed E-state index contributed by atoms with van der Waals surface area (Å²) in [7, 11) is -1.78. The molecule has 1 N–H and O–H groups in total. The number of hydrogen-bond donors (Lipinski definition) is 1. The van der Waals surface area contributed by atoms with Crippen LogP contribution in [0.25, 0.3) is 10.7 Å². The first kappa shape index (κ1) is 22.5. The van der Waals surface area contributed by atoms with Crippen LogP contribution in [0.4, 0.5) is 0 Å². The van der Waals surface area contributed by atoms with E-state index in [1.54, 1.807) is 16.8 Å². The van der Waals surface area contributed by atoms with Gasteiger partial charge in [0.1, 0.15) is 14.8 Å². The number of rotatable bonds is 5. The van der Waals surface area contributed by atoms with Gasteiger partial charge in [-0.1, -0.05) is 32.1 Å². The zero-order chi connectivity index (χ0) is 22.0. The van der Waals surface area contributed by atoms with E-state index in [-0.39, 0.29) is 16.8 Å². The van der Waals surface area contributed by atoms with Gasteiger partial charge in [-0.05, 0) is 38.7 Å². The summed E-state index contributed by atoms with van der Waals surface area (Å²) in [6.45, 7) is 3.44. The average molecular weight is 465 g/mol. The third-order valence-electron chi connectivity index (χ3n) is 6.32. The summed E-state index contributed by atoms with van der Waals surface area (Å²) in [5.74, 6) is 0.0340. The molecule has 31 heavy (non-hydrogen) atoms. The third kappa shape index (κ3) is 5.04. The fraction of sp³-hybridized carbons (Fsp3) is 0.636. The first-order valence-electron chi connectivity index (χ1n) is 11.3. The highest BCUT2D eigenvalue weighted by Crippen LogP contribution is 2.32. The van der Waals surface area contributed by atoms with Gasteiger partial charge in [-0.3, -0.25) is 4.79 Å². The molecular formula is C22H32N4O3S2. The van der Waals surface area contributed by atoms with Gasteiger partial charge in [-0.25, -0.2) is 18.1 Å². The van der Waals surface area contributed by atoms with Gasteiger partial charge < -0.3 is 9.47 Å². The second-order valence-corrected chi connectivity index (χ2v) is 11.5. The molecule has 2 aliphatic rings. The van der Waals surface area contributed by atoms with Gasteiger partial charge in [0.25, 0.3) is 5.91 Å². The molecule has 1 aliphatic heterocycles. The van der Waals surface area contributed by atoms with E-state index >= 15 is 0 Å². The summed E-state index contributed by atoms with van der Waals surface area (Å²) in [5, 5.41) is 0.676. The minimum atomic E-state index is -3.60. The Hall–Kier alpha value is -1.71. The number of sulfonamides is 1. The molecule has 0 aromatic carbocycles. The minimum absolute atomic E-state index is 0.000693. The third-order valence-corrected chi connectivity index (χ3v) is 8.98. The molecule has 9 heteroatoms. The van der Waals surface area contributed by atoms with E-state index in [1.807, 2.05) is 18.9 Å². The highest BCUT2D eigenvalue weighted by atomic mass is 32.2. The molecule has 1 aliphatic carbocycles. The molecule has 0 atom stereocenters. The minimum Gasteiger partial charge on any atom is -0.347 e. The lowest BCUT2D eigenvalue weighted by atomic mass is 9.97. The number of nitrogens with one attached hydrogen (secondary N) is 1. The molecule has 1 saturated heterocycles. The van der Waals surface area contributed by atoms with Gasteiger partial charge >= 0.3 is 0 Å². The van der Waals surface area contributed by atoms with E-state index in [0.29, 0.717) is 21.3 Å². The Morgan fingerprint density at radius 1 is 1.10 bits per heavy atom. The Kier molecular flexibility index (Phi) is 6.83. The van der Waals surface area contributed by atoms with Gasteiger partial charge in [0.15, 0.2) is 0 Å². The van der Waals surface area contributed by atoms with Crippen molar-refractivity contribution in [2.24, 2.45) is 7.05 Å². The van der Waals surface area contributed by atoms with Crippen molar-refractivity contribution in [3.05, 3.63) is 22.8 Å². The number of hydrogen-bond acceptors (Lipinski definition) is 5. The van der Waals surface area contributed by atoms with Crippen molar-refractivity contribution < 1.29 is 13.2 Å². The van der Waals surface area contributed by atoms with Crippen LogP contribution in [0.5, 0.6) is 0 Å². The second-order valence-electron chi connectivity index (χ2n) is 8.77. The molecule has 2 aromatic heterocycles. The Labute approximate surface area is 188 Å². The molecule has 0 bridgehead atoms. The normalized spacial score (nSPS) is 18.8. The van der Waals surface area contributed by atoms with E-state index < -0.39 is 10.0 Å². The van der Waals surface area contributed by atoms with E-state index in [0.717, 1.165) is 51.6 Å². The zero-order valence-electron chi connectivity index (χ0n) is 18.4. The summed E-state index contributed by atoms with van der Waals surface area (Å²) in [6, 6.07) is 1.67. The van der Waals surface area contributed by atoms with Crippen molar-refractivity contribution in [3.63, 3.8) is 0 Å². The number of carbonyl (C=O) groups excluding carboxylic acids is 1. The molecule has 1 saturated carbocycles. The smallest absolute Gasteiger partial charge is 0.265 e.